The van der Waals surface area contributed by atoms with Gasteiger partial charge in [-0.15, -0.1) is 0 Å². The Morgan fingerprint density at radius 1 is 0.960 bits per heavy atom. The molecule has 25 heavy (non-hydrogen) atoms. The van der Waals surface area contributed by atoms with Crippen LogP contribution in [0.5, 0.6) is 0 Å². The number of nitrogens with zero attached hydrogens (tertiary/aromatic N) is 3. The third kappa shape index (κ3) is 3.19. The van der Waals surface area contributed by atoms with Crippen LogP contribution in [0.3, 0.4) is 0 Å². The summed E-state index contributed by atoms with van der Waals surface area (Å²) >= 11 is 0. The van der Waals surface area contributed by atoms with Crippen molar-refractivity contribution in [2.24, 2.45) is 0 Å². The van der Waals surface area contributed by atoms with Gasteiger partial charge in [0.2, 0.25) is 0 Å². The van der Waals surface area contributed by atoms with E-state index in [-0.39, 0.29) is 0 Å². The van der Waals surface area contributed by atoms with Crippen LogP contribution in [0, 0.1) is 0 Å². The zero-order valence-corrected chi connectivity index (χ0v) is 14.5. The highest BCUT2D eigenvalue weighted by atomic mass is 15.1. The number of fused-ring (bicyclic) bond motifs is 2. The number of aromatic nitrogens is 3. The molecule has 0 atom stereocenters. The van der Waals surface area contributed by atoms with Gasteiger partial charge in [-0.05, 0) is 38.4 Å². The highest BCUT2D eigenvalue weighted by Gasteiger charge is 2.13. The van der Waals surface area contributed by atoms with Crippen LogP contribution in [-0.2, 0) is 0 Å². The second-order valence-corrected chi connectivity index (χ2v) is 6.41. The maximum absolute atomic E-state index is 4.83. The van der Waals surface area contributed by atoms with Crippen LogP contribution < -0.4 is 5.32 Å². The Hall–Kier alpha value is -2.92. The highest BCUT2D eigenvalue weighted by molar-refractivity contribution is 5.90. The van der Waals surface area contributed by atoms with Gasteiger partial charge < -0.3 is 15.2 Å². The molecule has 0 fully saturated rings. The van der Waals surface area contributed by atoms with Gasteiger partial charge in [0.15, 0.2) is 0 Å². The molecule has 2 heterocycles. The summed E-state index contributed by atoms with van der Waals surface area (Å²) in [5, 5.41) is 4.57. The Bertz CT molecular complexity index is 986. The molecule has 0 radical (unpaired) electrons. The number of imidazole rings is 1. The van der Waals surface area contributed by atoms with Crippen molar-refractivity contribution in [3.05, 3.63) is 54.6 Å². The predicted molar refractivity (Wildman–Crippen MR) is 104 cm³/mol. The van der Waals surface area contributed by atoms with Gasteiger partial charge in [-0.1, -0.05) is 30.3 Å². The number of nitrogens with one attached hydrogen (secondary N) is 2. The maximum Gasteiger partial charge on any atom is 0.142 e. The minimum Gasteiger partial charge on any atom is -0.368 e. The van der Waals surface area contributed by atoms with Crippen LogP contribution in [0.4, 0.5) is 5.82 Å². The molecule has 2 aromatic carbocycles. The molecule has 2 N–H and O–H groups in total. The molecule has 5 nitrogen and oxygen atoms in total. The molecule has 0 aliphatic carbocycles. The van der Waals surface area contributed by atoms with Crippen molar-refractivity contribution in [2.75, 3.05) is 32.5 Å². The van der Waals surface area contributed by atoms with E-state index in [1.54, 1.807) is 0 Å². The Morgan fingerprint density at radius 3 is 2.52 bits per heavy atom. The second kappa shape index (κ2) is 6.53. The molecule has 2 aromatic heterocycles. The van der Waals surface area contributed by atoms with E-state index in [1.165, 1.54) is 0 Å². The van der Waals surface area contributed by atoms with Crippen LogP contribution in [0.15, 0.2) is 54.6 Å². The number of likely N-dealkylation sites (N-methyl/N-ethyl adjacent to an activating group) is 1. The Balaban J connectivity index is 1.81. The summed E-state index contributed by atoms with van der Waals surface area (Å²) in [6.45, 7) is 1.76. The van der Waals surface area contributed by atoms with Crippen molar-refractivity contribution in [3.63, 3.8) is 0 Å². The molecule has 0 saturated carbocycles. The predicted octanol–water partition coefficient (Wildman–Crippen LogP) is 3.75. The van der Waals surface area contributed by atoms with E-state index in [4.69, 9.17) is 9.97 Å². The van der Waals surface area contributed by atoms with Crippen LogP contribution in [-0.4, -0.2) is 47.0 Å². The smallest absolute Gasteiger partial charge is 0.142 e. The molecule has 0 saturated heterocycles. The van der Waals surface area contributed by atoms with Crippen molar-refractivity contribution >= 4 is 27.8 Å². The summed E-state index contributed by atoms with van der Waals surface area (Å²) in [6, 6.07) is 18.4. The van der Waals surface area contributed by atoms with Crippen LogP contribution in [0.1, 0.15) is 0 Å². The minimum atomic E-state index is 0.825. The molecular formula is C20H21N5. The first-order chi connectivity index (χ1) is 12.2. The van der Waals surface area contributed by atoms with E-state index in [2.05, 4.69) is 41.4 Å². The van der Waals surface area contributed by atoms with Gasteiger partial charge in [-0.2, -0.15) is 0 Å². The fraction of sp³-hybridized carbons (Fsp3) is 0.200. The van der Waals surface area contributed by atoms with E-state index >= 15 is 0 Å². The number of rotatable bonds is 5. The number of pyridine rings is 1. The fourth-order valence-corrected chi connectivity index (χ4v) is 2.91. The molecular weight excluding hydrogens is 310 g/mol. The summed E-state index contributed by atoms with van der Waals surface area (Å²) < 4.78 is 0. The molecule has 0 amide bonds. The molecule has 0 aliphatic heterocycles. The third-order valence-corrected chi connectivity index (χ3v) is 4.22. The summed E-state index contributed by atoms with van der Waals surface area (Å²) in [7, 11) is 4.13. The van der Waals surface area contributed by atoms with Crippen LogP contribution in [0.2, 0.25) is 0 Å². The molecule has 4 aromatic rings. The maximum atomic E-state index is 4.83. The van der Waals surface area contributed by atoms with Crippen LogP contribution >= 0.6 is 0 Å². The van der Waals surface area contributed by atoms with Gasteiger partial charge in [-0.3, -0.25) is 0 Å². The van der Waals surface area contributed by atoms with Gasteiger partial charge in [0.1, 0.15) is 11.6 Å². The topological polar surface area (TPSA) is 56.8 Å². The fourth-order valence-electron chi connectivity index (χ4n) is 2.91. The summed E-state index contributed by atoms with van der Waals surface area (Å²) in [5.41, 5.74) is 3.97. The van der Waals surface area contributed by atoms with E-state index < -0.39 is 0 Å². The number of benzene rings is 2. The lowest BCUT2D eigenvalue weighted by atomic mass is 10.1. The number of para-hydroxylation sites is 3. The average molecular weight is 331 g/mol. The van der Waals surface area contributed by atoms with Crippen molar-refractivity contribution in [3.8, 4) is 11.4 Å². The normalized spacial score (nSPS) is 11.5. The van der Waals surface area contributed by atoms with Crippen molar-refractivity contribution in [2.45, 2.75) is 0 Å². The summed E-state index contributed by atoms with van der Waals surface area (Å²) in [6.07, 6.45) is 0. The SMILES string of the molecule is CN(C)CCNc1nc2ccccc2cc1-c1nc2ccccc2[nH]1. The van der Waals surface area contributed by atoms with Gasteiger partial charge in [0, 0.05) is 18.5 Å². The highest BCUT2D eigenvalue weighted by Crippen LogP contribution is 2.29. The lowest BCUT2D eigenvalue weighted by Gasteiger charge is -2.14. The number of H-pyrrole nitrogens is 1. The van der Waals surface area contributed by atoms with Gasteiger partial charge >= 0.3 is 0 Å². The number of hydrogen-bond acceptors (Lipinski definition) is 4. The van der Waals surface area contributed by atoms with E-state index in [0.29, 0.717) is 0 Å². The van der Waals surface area contributed by atoms with E-state index in [0.717, 1.165) is 52.2 Å². The average Bonchev–Trinajstić information content (AvgIpc) is 3.04. The zero-order chi connectivity index (χ0) is 17.2. The first-order valence-corrected chi connectivity index (χ1v) is 8.44. The number of hydrogen-bond donors (Lipinski definition) is 2. The lowest BCUT2D eigenvalue weighted by Crippen LogP contribution is -2.21. The number of anilines is 1. The van der Waals surface area contributed by atoms with Gasteiger partial charge in [0.25, 0.3) is 0 Å². The molecule has 0 aliphatic rings. The zero-order valence-electron chi connectivity index (χ0n) is 14.5. The van der Waals surface area contributed by atoms with Crippen molar-refractivity contribution in [1.82, 2.24) is 19.9 Å². The number of aromatic amines is 1. The Kier molecular flexibility index (Phi) is 4.07. The second-order valence-electron chi connectivity index (χ2n) is 6.41. The van der Waals surface area contributed by atoms with E-state index in [1.807, 2.05) is 42.5 Å². The first kappa shape index (κ1) is 15.6. The molecule has 0 bridgehead atoms. The van der Waals surface area contributed by atoms with Crippen molar-refractivity contribution in [1.29, 1.82) is 0 Å². The quantitative estimate of drug-likeness (QED) is 0.585. The van der Waals surface area contributed by atoms with Gasteiger partial charge in [-0.25, -0.2) is 9.97 Å². The lowest BCUT2D eigenvalue weighted by molar-refractivity contribution is 0.425. The molecule has 0 spiro atoms. The van der Waals surface area contributed by atoms with E-state index in [9.17, 15) is 0 Å². The van der Waals surface area contributed by atoms with Crippen LogP contribution in [0.25, 0.3) is 33.3 Å². The Labute approximate surface area is 146 Å². The monoisotopic (exact) mass is 331 g/mol. The molecule has 5 heteroatoms. The Morgan fingerprint density at radius 2 is 1.72 bits per heavy atom. The van der Waals surface area contributed by atoms with Gasteiger partial charge in [0.05, 0.1) is 22.1 Å². The molecule has 126 valence electrons. The largest absolute Gasteiger partial charge is 0.368 e. The summed E-state index contributed by atoms with van der Waals surface area (Å²) in [5.74, 6) is 1.70. The molecule has 4 rings (SSSR count). The summed E-state index contributed by atoms with van der Waals surface area (Å²) in [4.78, 5) is 15.1. The minimum absolute atomic E-state index is 0.825. The standard InChI is InChI=1S/C20H21N5/c1-25(2)12-11-21-19-15(13-14-7-3-4-8-16(14)22-19)20-23-17-9-5-6-10-18(17)24-20/h3-10,13H,11-12H2,1-2H3,(H,21,22)(H,23,24). The first-order valence-electron chi connectivity index (χ1n) is 8.44. The van der Waals surface area contributed by atoms with Crippen molar-refractivity contribution < 1.29 is 0 Å². The molecule has 0 unspecified atom stereocenters. The third-order valence-electron chi connectivity index (χ3n) is 4.22.